The van der Waals surface area contributed by atoms with Crippen molar-refractivity contribution in [3.8, 4) is 0 Å². The Morgan fingerprint density at radius 2 is 1.17 bits per heavy atom. The highest BCUT2D eigenvalue weighted by Crippen LogP contribution is 2.52. The SMILES string of the molecule is CC[C@@]12CN(OCCF)[C@@H]([C@H](n3ccc(NC(=O)c4ccccc4)nc3=O)O1)[C@@H]2C.CC[C@@]12CN(OCCF)[C@@H]([C@H](n3ccc(NC(=O)c4ccccc4)nc3=O)O1)[C@@H]2O. The van der Waals surface area contributed by atoms with E-state index in [1.54, 1.807) is 71.9 Å². The third-order valence-electron chi connectivity index (χ3n) is 11.6. The molecule has 6 heterocycles. The van der Waals surface area contributed by atoms with Crippen molar-refractivity contribution in [1.82, 2.24) is 29.2 Å². The van der Waals surface area contributed by atoms with Crippen molar-refractivity contribution < 1.29 is 42.6 Å². The average molecular weight is 835 g/mol. The molecule has 4 bridgehead atoms. The summed E-state index contributed by atoms with van der Waals surface area (Å²) in [5.74, 6) is -0.374. The summed E-state index contributed by atoms with van der Waals surface area (Å²) < 4.78 is 40.2. The van der Waals surface area contributed by atoms with Crippen LogP contribution < -0.4 is 22.0 Å². The van der Waals surface area contributed by atoms with Crippen LogP contribution in [0.3, 0.4) is 0 Å². The van der Waals surface area contributed by atoms with E-state index in [0.717, 1.165) is 6.42 Å². The van der Waals surface area contributed by atoms with Crippen molar-refractivity contribution in [1.29, 1.82) is 0 Å². The van der Waals surface area contributed by atoms with Gasteiger partial charge in [0.1, 0.15) is 42.7 Å². The Hall–Kier alpha value is -5.28. The van der Waals surface area contributed by atoms with Crippen LogP contribution in [0.15, 0.2) is 94.8 Å². The molecule has 4 aromatic rings. The lowest BCUT2D eigenvalue weighted by atomic mass is 9.88. The number of carbonyl (C=O) groups excluding carboxylic acids is 2. The van der Waals surface area contributed by atoms with Crippen molar-refractivity contribution in [3.63, 3.8) is 0 Å². The summed E-state index contributed by atoms with van der Waals surface area (Å²) in [4.78, 5) is 68.9. The van der Waals surface area contributed by atoms with E-state index >= 15 is 0 Å². The third-order valence-corrected chi connectivity index (χ3v) is 11.6. The third kappa shape index (κ3) is 8.25. The van der Waals surface area contributed by atoms with Crippen molar-refractivity contribution >= 4 is 23.5 Å². The quantitative estimate of drug-likeness (QED) is 0.168. The number of rotatable bonds is 14. The molecule has 4 aliphatic heterocycles. The largest absolute Gasteiger partial charge is 0.388 e. The van der Waals surface area contributed by atoms with Crippen LogP contribution in [0.2, 0.25) is 0 Å². The minimum Gasteiger partial charge on any atom is -0.388 e. The van der Waals surface area contributed by atoms with E-state index in [9.17, 15) is 33.1 Å². The number of alkyl halides is 2. The Bertz CT molecular complexity index is 2100. The minimum absolute atomic E-state index is 0.0344. The van der Waals surface area contributed by atoms with Crippen LogP contribution in [0.1, 0.15) is 66.8 Å². The van der Waals surface area contributed by atoms with Gasteiger partial charge in [0.2, 0.25) is 0 Å². The number of fused-ring (bicyclic) bond motifs is 4. The normalized spacial score (nSPS) is 28.0. The molecule has 60 heavy (non-hydrogen) atoms. The van der Waals surface area contributed by atoms with Crippen LogP contribution in [0.5, 0.6) is 0 Å². The average Bonchev–Trinajstić information content (AvgIpc) is 3.91. The molecular formula is C41H48F2N8O9. The van der Waals surface area contributed by atoms with Crippen LogP contribution in [0.4, 0.5) is 20.4 Å². The summed E-state index contributed by atoms with van der Waals surface area (Å²) >= 11 is 0. The Labute approximate surface area is 343 Å². The lowest BCUT2D eigenvalue weighted by molar-refractivity contribution is -0.250. The highest BCUT2D eigenvalue weighted by Gasteiger charge is 2.64. The second-order valence-corrected chi connectivity index (χ2v) is 14.9. The van der Waals surface area contributed by atoms with Crippen molar-refractivity contribution in [2.24, 2.45) is 5.92 Å². The molecule has 8 atom stereocenters. The monoisotopic (exact) mass is 834 g/mol. The summed E-state index contributed by atoms with van der Waals surface area (Å²) in [6.45, 7) is 5.32. The number of aliphatic hydroxyl groups is 1. The summed E-state index contributed by atoms with van der Waals surface area (Å²) in [6, 6.07) is 19.4. The number of amides is 2. The fraction of sp³-hybridized carbons (Fsp3) is 0.463. The Morgan fingerprint density at radius 3 is 1.58 bits per heavy atom. The standard InChI is InChI=1S/C21H25FN4O4.C20H23FN4O5/c1-3-21-13-26(29-12-10-22)17(14(21)2)19(30-21)25-11-9-16(24-20(25)28)23-18(27)15-7-5-4-6-8-15;1-2-20-12-25(29-11-9-21)15(16(20)26)18(30-20)24-10-8-14(23-19(24)28)22-17(27)13-6-4-3-5-7-13/h4-9,11,14,17,19H,3,10,12-13H2,1-2H3,(H,23,24,27,28);3-8,10,15-16,18,26H,2,9,11-12H2,1H3,(H,22,23,27,28)/t14-,17+,19+,21-;15-,16+,18-,20+/m01/s1. The van der Waals surface area contributed by atoms with Gasteiger partial charge in [-0.1, -0.05) is 57.2 Å². The van der Waals surface area contributed by atoms with Gasteiger partial charge in [-0.15, -0.1) is 0 Å². The number of anilines is 2. The van der Waals surface area contributed by atoms with E-state index in [-0.39, 0.29) is 55.2 Å². The number of hydroxylamine groups is 4. The van der Waals surface area contributed by atoms with E-state index in [4.69, 9.17) is 19.1 Å². The maximum atomic E-state index is 12.7. The van der Waals surface area contributed by atoms with Crippen LogP contribution in [0.25, 0.3) is 0 Å². The topological polar surface area (TPSA) is 192 Å². The summed E-state index contributed by atoms with van der Waals surface area (Å²) in [5, 5.41) is 19.2. The predicted octanol–water partition coefficient (Wildman–Crippen LogP) is 3.51. The van der Waals surface area contributed by atoms with Crippen LogP contribution in [-0.4, -0.2) is 115 Å². The number of carbonyl (C=O) groups is 2. The number of aromatic nitrogens is 4. The molecule has 0 aliphatic carbocycles. The van der Waals surface area contributed by atoms with E-state index in [2.05, 4.69) is 27.5 Å². The molecule has 0 spiro atoms. The van der Waals surface area contributed by atoms with Gasteiger partial charge < -0.3 is 25.2 Å². The van der Waals surface area contributed by atoms with Gasteiger partial charge in [-0.05, 0) is 49.2 Å². The lowest BCUT2D eigenvalue weighted by Crippen LogP contribution is -2.47. The smallest absolute Gasteiger partial charge is 0.351 e. The van der Waals surface area contributed by atoms with Gasteiger partial charge in [-0.2, -0.15) is 20.1 Å². The first-order chi connectivity index (χ1) is 29.0. The predicted molar refractivity (Wildman–Crippen MR) is 212 cm³/mol. The Morgan fingerprint density at radius 1 is 0.733 bits per heavy atom. The number of nitrogens with zero attached hydrogens (tertiary/aromatic N) is 6. The molecule has 0 saturated carbocycles. The van der Waals surface area contributed by atoms with Gasteiger partial charge in [0.05, 0.1) is 37.9 Å². The zero-order chi connectivity index (χ0) is 42.6. The first-order valence-electron chi connectivity index (χ1n) is 19.8. The van der Waals surface area contributed by atoms with Gasteiger partial charge in [-0.25, -0.2) is 18.4 Å². The number of benzene rings is 2. The Kier molecular flexibility index (Phi) is 13.0. The number of morpholine rings is 2. The number of hydrogen-bond acceptors (Lipinski definition) is 13. The number of nitrogens with one attached hydrogen (secondary N) is 2. The molecule has 19 heteroatoms. The molecule has 2 aromatic heterocycles. The van der Waals surface area contributed by atoms with E-state index < -0.39 is 60.5 Å². The molecule has 4 fully saturated rings. The summed E-state index contributed by atoms with van der Waals surface area (Å²) in [7, 11) is 0. The maximum absolute atomic E-state index is 12.7. The van der Waals surface area contributed by atoms with Crippen LogP contribution >= 0.6 is 0 Å². The highest BCUT2D eigenvalue weighted by molar-refractivity contribution is 6.04. The molecule has 8 rings (SSSR count). The second-order valence-electron chi connectivity index (χ2n) is 14.9. The molecule has 2 amide bonds. The first-order valence-corrected chi connectivity index (χ1v) is 19.8. The van der Waals surface area contributed by atoms with E-state index in [1.807, 2.05) is 19.9 Å². The maximum Gasteiger partial charge on any atom is 0.351 e. The molecule has 4 saturated heterocycles. The molecular weight excluding hydrogens is 786 g/mol. The highest BCUT2D eigenvalue weighted by atomic mass is 19.1. The van der Waals surface area contributed by atoms with Gasteiger partial charge >= 0.3 is 11.4 Å². The lowest BCUT2D eigenvalue weighted by Gasteiger charge is -2.36. The van der Waals surface area contributed by atoms with Gasteiger partial charge in [0, 0.05) is 29.4 Å². The fourth-order valence-corrected chi connectivity index (χ4v) is 8.40. The Balaban J connectivity index is 0.000000181. The summed E-state index contributed by atoms with van der Waals surface area (Å²) in [6.07, 6.45) is 1.87. The number of halogens is 2. The molecule has 0 unspecified atom stereocenters. The van der Waals surface area contributed by atoms with Crippen LogP contribution in [0, 0.1) is 5.92 Å². The number of hydrogen-bond donors (Lipinski definition) is 3. The molecule has 17 nitrogen and oxygen atoms in total. The second kappa shape index (κ2) is 18.1. The van der Waals surface area contributed by atoms with Crippen molar-refractivity contribution in [2.45, 2.75) is 75.5 Å². The number of ether oxygens (including phenoxy) is 2. The minimum atomic E-state index is -0.911. The molecule has 2 aromatic carbocycles. The summed E-state index contributed by atoms with van der Waals surface area (Å²) in [5.41, 5.74) is -1.66. The van der Waals surface area contributed by atoms with E-state index in [1.165, 1.54) is 26.5 Å². The van der Waals surface area contributed by atoms with Gasteiger partial charge in [-0.3, -0.25) is 28.4 Å². The van der Waals surface area contributed by atoms with E-state index in [0.29, 0.717) is 24.1 Å². The molecule has 320 valence electrons. The fourth-order valence-electron chi connectivity index (χ4n) is 8.40. The van der Waals surface area contributed by atoms with Crippen molar-refractivity contribution in [2.75, 3.05) is 50.3 Å². The van der Waals surface area contributed by atoms with Crippen LogP contribution in [-0.2, 0) is 19.1 Å². The molecule has 3 N–H and O–H groups in total. The zero-order valence-electron chi connectivity index (χ0n) is 33.4. The molecule has 4 aliphatic rings. The van der Waals surface area contributed by atoms with Gasteiger partial charge in [0.25, 0.3) is 11.8 Å². The first kappa shape index (κ1) is 42.8. The van der Waals surface area contributed by atoms with Gasteiger partial charge in [0.15, 0.2) is 12.5 Å². The van der Waals surface area contributed by atoms with Crippen molar-refractivity contribution in [3.05, 3.63) is 117 Å². The zero-order valence-corrected chi connectivity index (χ0v) is 33.4. The molecule has 0 radical (unpaired) electrons. The number of aliphatic hydroxyl groups excluding tert-OH is 1.